The van der Waals surface area contributed by atoms with Crippen LogP contribution in [0.3, 0.4) is 0 Å². The second-order valence-corrected chi connectivity index (χ2v) is 8.22. The Hall–Kier alpha value is -3.26. The highest BCUT2D eigenvalue weighted by atomic mass is 32.1. The van der Waals surface area contributed by atoms with Gasteiger partial charge < -0.3 is 10.2 Å². The number of rotatable bonds is 7. The molecule has 1 atom stereocenters. The van der Waals surface area contributed by atoms with Crippen molar-refractivity contribution in [1.29, 1.82) is 0 Å². The van der Waals surface area contributed by atoms with E-state index >= 15 is 0 Å². The second kappa shape index (κ2) is 8.23. The van der Waals surface area contributed by atoms with Gasteiger partial charge in [-0.1, -0.05) is 49.4 Å². The van der Waals surface area contributed by atoms with Crippen LogP contribution >= 0.6 is 11.3 Å². The summed E-state index contributed by atoms with van der Waals surface area (Å²) in [6.07, 6.45) is 1.41. The van der Waals surface area contributed by atoms with E-state index in [9.17, 15) is 14.9 Å². The summed E-state index contributed by atoms with van der Waals surface area (Å²) in [5.74, 6) is 0. The van der Waals surface area contributed by atoms with E-state index in [0.29, 0.717) is 19.5 Å². The van der Waals surface area contributed by atoms with Gasteiger partial charge in [0.05, 0.1) is 17.2 Å². The molecule has 0 aliphatic carbocycles. The predicted octanol–water partition coefficient (Wildman–Crippen LogP) is 4.28. The number of aromatic nitrogens is 1. The van der Waals surface area contributed by atoms with Crippen LogP contribution in [-0.2, 0) is 24.9 Å². The normalized spacial score (nSPS) is 17.6. The first-order valence-corrected chi connectivity index (χ1v) is 10.7. The number of thiazole rings is 1. The van der Waals surface area contributed by atoms with E-state index in [1.807, 2.05) is 35.7 Å². The third-order valence-electron chi connectivity index (χ3n) is 5.32. The Labute approximate surface area is 178 Å². The topological polar surface area (TPSA) is 88.1 Å². The SMILES string of the molecule is CCc1csc(C2(Cc3ccc([N+](=O)[O-])cc3)CN2C(=O)NCc2ccccc2)n1. The van der Waals surface area contributed by atoms with Crippen LogP contribution in [0.5, 0.6) is 0 Å². The minimum atomic E-state index is -0.505. The van der Waals surface area contributed by atoms with Gasteiger partial charge in [0.1, 0.15) is 10.5 Å². The van der Waals surface area contributed by atoms with Crippen molar-refractivity contribution in [2.24, 2.45) is 0 Å². The number of nitro groups is 1. The fourth-order valence-corrected chi connectivity index (χ4v) is 4.63. The Morgan fingerprint density at radius 2 is 1.93 bits per heavy atom. The maximum absolute atomic E-state index is 12.9. The highest BCUT2D eigenvalue weighted by Gasteiger charge is 2.58. The van der Waals surface area contributed by atoms with Crippen LogP contribution in [0.1, 0.15) is 28.8 Å². The highest BCUT2D eigenvalue weighted by molar-refractivity contribution is 7.09. The van der Waals surface area contributed by atoms with Gasteiger partial charge in [-0.3, -0.25) is 10.1 Å². The molecular formula is C22H22N4O3S. The molecule has 30 heavy (non-hydrogen) atoms. The van der Waals surface area contributed by atoms with Crippen LogP contribution in [0.25, 0.3) is 0 Å². The first-order valence-electron chi connectivity index (χ1n) is 9.79. The lowest BCUT2D eigenvalue weighted by atomic mass is 9.99. The van der Waals surface area contributed by atoms with Crippen LogP contribution in [0, 0.1) is 10.1 Å². The van der Waals surface area contributed by atoms with Gasteiger partial charge in [0.25, 0.3) is 5.69 Å². The standard InChI is InChI=1S/C22H22N4O3S/c1-2-18-14-30-20(24-18)22(12-16-8-10-19(11-9-16)26(28)29)15-25(22)21(27)23-13-17-6-4-3-5-7-17/h3-11,14H,2,12-13,15H2,1H3,(H,23,27). The molecule has 0 saturated carbocycles. The number of nitrogens with one attached hydrogen (secondary N) is 1. The van der Waals surface area contributed by atoms with Gasteiger partial charge in [-0.15, -0.1) is 11.3 Å². The number of carbonyl (C=O) groups excluding carboxylic acids is 1. The number of nitrogens with zero attached hydrogens (tertiary/aromatic N) is 3. The van der Waals surface area contributed by atoms with E-state index in [2.05, 4.69) is 12.2 Å². The number of amides is 2. The summed E-state index contributed by atoms with van der Waals surface area (Å²) in [4.78, 5) is 30.0. The second-order valence-electron chi connectivity index (χ2n) is 7.36. The van der Waals surface area contributed by atoms with Crippen molar-refractivity contribution >= 4 is 23.1 Å². The minimum absolute atomic E-state index is 0.0589. The van der Waals surface area contributed by atoms with Crippen LogP contribution in [0.2, 0.25) is 0 Å². The number of hydrogen-bond acceptors (Lipinski definition) is 5. The maximum Gasteiger partial charge on any atom is 0.318 e. The van der Waals surface area contributed by atoms with E-state index in [1.54, 1.807) is 28.4 Å². The molecule has 3 aromatic rings. The number of benzene rings is 2. The van der Waals surface area contributed by atoms with Gasteiger partial charge in [0.2, 0.25) is 0 Å². The average Bonchev–Trinajstić information content (AvgIpc) is 3.28. The molecule has 1 fully saturated rings. The molecule has 1 aliphatic rings. The lowest BCUT2D eigenvalue weighted by molar-refractivity contribution is -0.384. The fraction of sp³-hybridized carbons (Fsp3) is 0.273. The Bertz CT molecular complexity index is 1050. The van der Waals surface area contributed by atoms with E-state index in [0.717, 1.165) is 28.2 Å². The third kappa shape index (κ3) is 4.04. The van der Waals surface area contributed by atoms with Crippen molar-refractivity contribution in [2.75, 3.05) is 6.54 Å². The maximum atomic E-state index is 12.9. The molecule has 2 aromatic carbocycles. The number of non-ortho nitro benzene ring substituents is 1. The highest BCUT2D eigenvalue weighted by Crippen LogP contribution is 2.46. The molecule has 1 aliphatic heterocycles. The Balaban J connectivity index is 1.53. The minimum Gasteiger partial charge on any atom is -0.334 e. The Morgan fingerprint density at radius 3 is 2.57 bits per heavy atom. The van der Waals surface area contributed by atoms with Crippen LogP contribution < -0.4 is 5.32 Å². The number of carbonyl (C=O) groups is 1. The molecule has 154 valence electrons. The summed E-state index contributed by atoms with van der Waals surface area (Å²) < 4.78 is 0. The van der Waals surface area contributed by atoms with Crippen LogP contribution in [0.4, 0.5) is 10.5 Å². The largest absolute Gasteiger partial charge is 0.334 e. The first-order chi connectivity index (χ1) is 14.5. The van der Waals surface area contributed by atoms with Crippen molar-refractivity contribution in [2.45, 2.75) is 31.8 Å². The smallest absolute Gasteiger partial charge is 0.318 e. The number of urea groups is 1. The molecule has 4 rings (SSSR count). The Kier molecular flexibility index (Phi) is 5.50. The third-order valence-corrected chi connectivity index (χ3v) is 6.40. The number of nitro benzene ring substituents is 1. The van der Waals surface area contributed by atoms with Crippen LogP contribution in [-0.4, -0.2) is 27.4 Å². The van der Waals surface area contributed by atoms with Gasteiger partial charge in [0.15, 0.2) is 0 Å². The number of hydrogen-bond donors (Lipinski definition) is 1. The summed E-state index contributed by atoms with van der Waals surface area (Å²) in [5.41, 5.74) is 2.54. The summed E-state index contributed by atoms with van der Waals surface area (Å²) >= 11 is 1.57. The molecule has 8 heteroatoms. The van der Waals surface area contributed by atoms with Gasteiger partial charge in [-0.05, 0) is 17.5 Å². The molecule has 1 N–H and O–H groups in total. The summed E-state index contributed by atoms with van der Waals surface area (Å²) in [5, 5.41) is 16.9. The van der Waals surface area contributed by atoms with E-state index in [1.165, 1.54) is 12.1 Å². The van der Waals surface area contributed by atoms with E-state index in [-0.39, 0.29) is 11.7 Å². The molecule has 0 radical (unpaired) electrons. The summed E-state index contributed by atoms with van der Waals surface area (Å²) in [6, 6.07) is 16.2. The van der Waals surface area contributed by atoms with Gasteiger partial charge in [-0.2, -0.15) is 0 Å². The van der Waals surface area contributed by atoms with Gasteiger partial charge in [-0.25, -0.2) is 9.78 Å². The zero-order valence-electron chi connectivity index (χ0n) is 16.6. The van der Waals surface area contributed by atoms with Gasteiger partial charge >= 0.3 is 6.03 Å². The molecule has 0 spiro atoms. The molecule has 7 nitrogen and oxygen atoms in total. The van der Waals surface area contributed by atoms with Crippen molar-refractivity contribution in [3.63, 3.8) is 0 Å². The molecule has 2 amide bonds. The molecular weight excluding hydrogens is 400 g/mol. The zero-order valence-corrected chi connectivity index (χ0v) is 17.4. The van der Waals surface area contributed by atoms with E-state index in [4.69, 9.17) is 4.98 Å². The molecule has 1 aromatic heterocycles. The quantitative estimate of drug-likeness (QED) is 0.350. The van der Waals surface area contributed by atoms with E-state index < -0.39 is 10.5 Å². The van der Waals surface area contributed by atoms with Crippen molar-refractivity contribution in [3.8, 4) is 0 Å². The van der Waals surface area contributed by atoms with Crippen molar-refractivity contribution < 1.29 is 9.72 Å². The number of aryl methyl sites for hydroxylation is 1. The lowest BCUT2D eigenvalue weighted by Crippen LogP contribution is -2.33. The monoisotopic (exact) mass is 422 g/mol. The average molecular weight is 423 g/mol. The zero-order chi connectivity index (χ0) is 21.1. The molecule has 0 bridgehead atoms. The Morgan fingerprint density at radius 1 is 1.20 bits per heavy atom. The molecule has 1 saturated heterocycles. The molecule has 2 heterocycles. The first kappa shape index (κ1) is 20.0. The predicted molar refractivity (Wildman–Crippen MR) is 115 cm³/mol. The van der Waals surface area contributed by atoms with Crippen molar-refractivity contribution in [3.05, 3.63) is 91.9 Å². The lowest BCUT2D eigenvalue weighted by Gasteiger charge is -2.16. The van der Waals surface area contributed by atoms with Gasteiger partial charge in [0, 0.05) is 30.5 Å². The van der Waals surface area contributed by atoms with Crippen molar-refractivity contribution in [1.82, 2.24) is 15.2 Å². The van der Waals surface area contributed by atoms with Crippen LogP contribution in [0.15, 0.2) is 60.0 Å². The molecule has 1 unspecified atom stereocenters. The summed E-state index contributed by atoms with van der Waals surface area (Å²) in [7, 11) is 0. The summed E-state index contributed by atoms with van der Waals surface area (Å²) in [6.45, 7) is 3.09. The fourth-order valence-electron chi connectivity index (χ4n) is 3.53.